The molecule has 0 saturated heterocycles. The average molecular weight is 226 g/mol. The van der Waals surface area contributed by atoms with E-state index in [0.717, 1.165) is 21.1 Å². The molecule has 12 heavy (non-hydrogen) atoms. The maximum absolute atomic E-state index is 5.37. The van der Waals surface area contributed by atoms with E-state index >= 15 is 0 Å². The number of hydrogen-bond donors (Lipinski definition) is 0. The Balaban J connectivity index is 2.89. The molecule has 1 heterocycles. The Morgan fingerprint density at radius 1 is 1.33 bits per heavy atom. The summed E-state index contributed by atoms with van der Waals surface area (Å²) in [5.41, 5.74) is 2.93. The Morgan fingerprint density at radius 3 is 2.83 bits per heavy atom. The van der Waals surface area contributed by atoms with Crippen LogP contribution in [-0.2, 0) is 0 Å². The average Bonchev–Trinajstić information content (AvgIpc) is 2.39. The summed E-state index contributed by atoms with van der Waals surface area (Å²) in [4.78, 5) is 4.28. The van der Waals surface area contributed by atoms with Crippen LogP contribution in [0.2, 0.25) is 0 Å². The van der Waals surface area contributed by atoms with Crippen molar-refractivity contribution in [2.45, 2.75) is 13.8 Å². The van der Waals surface area contributed by atoms with E-state index in [1.165, 1.54) is 0 Å². The van der Waals surface area contributed by atoms with E-state index in [4.69, 9.17) is 4.42 Å². The van der Waals surface area contributed by atoms with Crippen molar-refractivity contribution in [1.29, 1.82) is 0 Å². The van der Waals surface area contributed by atoms with Crippen LogP contribution in [0.4, 0.5) is 0 Å². The van der Waals surface area contributed by atoms with Gasteiger partial charge in [-0.2, -0.15) is 0 Å². The number of aromatic nitrogens is 1. The second-order valence-electron chi connectivity index (χ2n) is 2.75. The van der Waals surface area contributed by atoms with Crippen molar-refractivity contribution in [3.63, 3.8) is 0 Å². The summed E-state index contributed by atoms with van der Waals surface area (Å²) in [6, 6.07) is 3.90. The summed E-state index contributed by atoms with van der Waals surface area (Å²) >= 11 is 3.44. The van der Waals surface area contributed by atoms with Gasteiger partial charge >= 0.3 is 0 Å². The molecule has 1 aromatic heterocycles. The summed E-state index contributed by atoms with van der Waals surface area (Å²) in [7, 11) is 0. The smallest absolute Gasteiger partial charge is 0.192 e. The molecule has 2 aromatic rings. The topological polar surface area (TPSA) is 26.0 Å². The van der Waals surface area contributed by atoms with Gasteiger partial charge in [-0.3, -0.25) is 0 Å². The number of benzene rings is 1. The number of oxazole rings is 1. The summed E-state index contributed by atoms with van der Waals surface area (Å²) in [6.45, 7) is 3.88. The van der Waals surface area contributed by atoms with E-state index in [-0.39, 0.29) is 0 Å². The maximum Gasteiger partial charge on any atom is 0.192 e. The predicted molar refractivity (Wildman–Crippen MR) is 51.2 cm³/mol. The van der Waals surface area contributed by atoms with Gasteiger partial charge in [-0.1, -0.05) is 15.9 Å². The number of rotatable bonds is 0. The Hall–Kier alpha value is -0.830. The third-order valence-electron chi connectivity index (χ3n) is 1.85. The first-order valence-corrected chi connectivity index (χ1v) is 4.50. The fourth-order valence-electron chi connectivity index (χ4n) is 1.21. The van der Waals surface area contributed by atoms with Crippen molar-refractivity contribution in [2.24, 2.45) is 0 Å². The van der Waals surface area contributed by atoms with Crippen molar-refractivity contribution in [1.82, 2.24) is 4.98 Å². The molecule has 0 bridgehead atoms. The number of aryl methyl sites for hydroxylation is 2. The normalized spacial score (nSPS) is 10.9. The molecular weight excluding hydrogens is 218 g/mol. The second-order valence-corrected chi connectivity index (χ2v) is 3.61. The molecule has 2 rings (SSSR count). The van der Waals surface area contributed by atoms with Crippen LogP contribution in [0.15, 0.2) is 21.0 Å². The minimum Gasteiger partial charge on any atom is -0.441 e. The highest BCUT2D eigenvalue weighted by Crippen LogP contribution is 2.25. The van der Waals surface area contributed by atoms with Gasteiger partial charge in [0, 0.05) is 11.4 Å². The SMILES string of the molecule is Cc1nc2c(C)c(Br)ccc2o1. The quantitative estimate of drug-likeness (QED) is 0.689. The molecule has 0 aliphatic carbocycles. The number of nitrogens with zero attached hydrogens (tertiary/aromatic N) is 1. The largest absolute Gasteiger partial charge is 0.441 e. The van der Waals surface area contributed by atoms with E-state index in [9.17, 15) is 0 Å². The first-order valence-electron chi connectivity index (χ1n) is 3.71. The standard InChI is InChI=1S/C9H8BrNO/c1-5-7(10)3-4-8-9(5)11-6(2)12-8/h3-4H,1-2H3. The zero-order valence-electron chi connectivity index (χ0n) is 6.89. The fourth-order valence-corrected chi connectivity index (χ4v) is 1.53. The summed E-state index contributed by atoms with van der Waals surface area (Å²) in [5, 5.41) is 0. The second kappa shape index (κ2) is 2.59. The first kappa shape index (κ1) is 7.80. The zero-order valence-corrected chi connectivity index (χ0v) is 8.47. The van der Waals surface area contributed by atoms with Gasteiger partial charge in [0.1, 0.15) is 5.52 Å². The van der Waals surface area contributed by atoms with Crippen LogP contribution in [0.1, 0.15) is 11.5 Å². The molecule has 3 heteroatoms. The first-order chi connectivity index (χ1) is 5.68. The molecule has 0 unspecified atom stereocenters. The zero-order chi connectivity index (χ0) is 8.72. The molecule has 0 N–H and O–H groups in total. The third-order valence-corrected chi connectivity index (χ3v) is 2.71. The summed E-state index contributed by atoms with van der Waals surface area (Å²) in [5.74, 6) is 0.714. The van der Waals surface area contributed by atoms with Gasteiger partial charge in [-0.25, -0.2) is 4.98 Å². The molecule has 0 aliphatic heterocycles. The van der Waals surface area contributed by atoms with Gasteiger partial charge < -0.3 is 4.42 Å². The van der Waals surface area contributed by atoms with Crippen LogP contribution in [0.5, 0.6) is 0 Å². The highest BCUT2D eigenvalue weighted by Gasteiger charge is 2.06. The molecule has 1 aromatic carbocycles. The molecule has 2 nitrogen and oxygen atoms in total. The Labute approximate surface area is 78.7 Å². The number of hydrogen-bond acceptors (Lipinski definition) is 2. The predicted octanol–water partition coefficient (Wildman–Crippen LogP) is 3.21. The van der Waals surface area contributed by atoms with Crippen molar-refractivity contribution in [3.8, 4) is 0 Å². The van der Waals surface area contributed by atoms with Crippen molar-refractivity contribution in [3.05, 3.63) is 28.1 Å². The van der Waals surface area contributed by atoms with E-state index in [1.807, 2.05) is 26.0 Å². The van der Waals surface area contributed by atoms with Crippen LogP contribution in [0, 0.1) is 13.8 Å². The summed E-state index contributed by atoms with van der Waals surface area (Å²) in [6.07, 6.45) is 0. The monoisotopic (exact) mass is 225 g/mol. The summed E-state index contributed by atoms with van der Waals surface area (Å²) < 4.78 is 6.44. The van der Waals surface area contributed by atoms with Gasteiger partial charge in [0.05, 0.1) is 0 Å². The Bertz CT molecular complexity index is 433. The van der Waals surface area contributed by atoms with Gasteiger partial charge in [0.25, 0.3) is 0 Å². The molecule has 0 saturated carbocycles. The molecule has 62 valence electrons. The molecule has 0 fully saturated rings. The lowest BCUT2D eigenvalue weighted by Crippen LogP contribution is -1.78. The minimum absolute atomic E-state index is 0.714. The molecule has 0 amide bonds. The van der Waals surface area contributed by atoms with Crippen LogP contribution in [0.25, 0.3) is 11.1 Å². The minimum atomic E-state index is 0.714. The van der Waals surface area contributed by atoms with Crippen LogP contribution >= 0.6 is 15.9 Å². The van der Waals surface area contributed by atoms with E-state index in [2.05, 4.69) is 20.9 Å². The third kappa shape index (κ3) is 1.05. The van der Waals surface area contributed by atoms with Crippen molar-refractivity contribution < 1.29 is 4.42 Å². The number of halogens is 1. The van der Waals surface area contributed by atoms with Crippen molar-refractivity contribution >= 4 is 27.0 Å². The van der Waals surface area contributed by atoms with Gasteiger partial charge in [-0.05, 0) is 24.6 Å². The molecule has 0 radical (unpaired) electrons. The lowest BCUT2D eigenvalue weighted by Gasteiger charge is -1.95. The van der Waals surface area contributed by atoms with E-state index in [0.29, 0.717) is 5.89 Å². The van der Waals surface area contributed by atoms with Gasteiger partial charge in [-0.15, -0.1) is 0 Å². The highest BCUT2D eigenvalue weighted by atomic mass is 79.9. The van der Waals surface area contributed by atoms with Crippen LogP contribution in [-0.4, -0.2) is 4.98 Å². The van der Waals surface area contributed by atoms with E-state index in [1.54, 1.807) is 0 Å². The van der Waals surface area contributed by atoms with Gasteiger partial charge in [0.15, 0.2) is 11.5 Å². The Kier molecular flexibility index (Phi) is 1.68. The molecule has 0 aliphatic rings. The van der Waals surface area contributed by atoms with Crippen molar-refractivity contribution in [2.75, 3.05) is 0 Å². The van der Waals surface area contributed by atoms with E-state index < -0.39 is 0 Å². The van der Waals surface area contributed by atoms with Gasteiger partial charge in [0.2, 0.25) is 0 Å². The molecule has 0 spiro atoms. The number of fused-ring (bicyclic) bond motifs is 1. The lowest BCUT2D eigenvalue weighted by atomic mass is 10.2. The highest BCUT2D eigenvalue weighted by molar-refractivity contribution is 9.10. The van der Waals surface area contributed by atoms with Crippen LogP contribution in [0.3, 0.4) is 0 Å². The Morgan fingerprint density at radius 2 is 2.08 bits per heavy atom. The maximum atomic E-state index is 5.37. The lowest BCUT2D eigenvalue weighted by molar-refractivity contribution is 0.561. The molecule has 0 atom stereocenters. The molecular formula is C9H8BrNO. The van der Waals surface area contributed by atoms with Crippen LogP contribution < -0.4 is 0 Å². The fraction of sp³-hybridized carbons (Fsp3) is 0.222.